The summed E-state index contributed by atoms with van der Waals surface area (Å²) in [5, 5.41) is 6.76. The smallest absolute Gasteiger partial charge is 0.326 e. The van der Waals surface area contributed by atoms with E-state index in [0.29, 0.717) is 23.4 Å². The van der Waals surface area contributed by atoms with Crippen molar-refractivity contribution in [2.45, 2.75) is 26.2 Å². The Balaban J connectivity index is 2.25. The van der Waals surface area contributed by atoms with Gasteiger partial charge in [0, 0.05) is 24.0 Å². The van der Waals surface area contributed by atoms with Crippen molar-refractivity contribution in [3.8, 4) is 0 Å². The van der Waals surface area contributed by atoms with Gasteiger partial charge in [0.25, 0.3) is 0 Å². The zero-order valence-electron chi connectivity index (χ0n) is 15.0. The quantitative estimate of drug-likeness (QED) is 0.564. The Labute approximate surface area is 161 Å². The maximum absolute atomic E-state index is 12.9. The number of urea groups is 1. The first-order valence-corrected chi connectivity index (χ1v) is 8.01. The summed E-state index contributed by atoms with van der Waals surface area (Å²) in [5.41, 5.74) is -2.55. The monoisotopic (exact) mass is 419 g/mol. The largest absolute Gasteiger partial charge is 0.416 e. The van der Waals surface area contributed by atoms with Gasteiger partial charge in [-0.2, -0.15) is 26.3 Å². The molecule has 156 valence electrons. The van der Waals surface area contributed by atoms with Gasteiger partial charge in [-0.15, -0.1) is 0 Å². The third-order valence-electron chi connectivity index (χ3n) is 3.65. The van der Waals surface area contributed by atoms with Gasteiger partial charge in [0.2, 0.25) is 5.91 Å². The first-order chi connectivity index (χ1) is 13.3. The van der Waals surface area contributed by atoms with Crippen LogP contribution in [0.3, 0.4) is 0 Å². The van der Waals surface area contributed by atoms with E-state index in [4.69, 9.17) is 0 Å². The number of halogens is 6. The van der Waals surface area contributed by atoms with Crippen molar-refractivity contribution in [3.63, 3.8) is 0 Å². The Morgan fingerprint density at radius 2 is 1.28 bits per heavy atom. The van der Waals surface area contributed by atoms with Crippen LogP contribution in [0.4, 0.5) is 48.2 Å². The molecule has 2 aromatic rings. The van der Waals surface area contributed by atoms with Crippen LogP contribution >= 0.6 is 0 Å². The highest BCUT2D eigenvalue weighted by molar-refractivity contribution is 6.00. The van der Waals surface area contributed by atoms with Gasteiger partial charge in [-0.1, -0.05) is 6.07 Å². The van der Waals surface area contributed by atoms with Crippen LogP contribution in [0.25, 0.3) is 0 Å². The van der Waals surface area contributed by atoms with Crippen LogP contribution in [-0.2, 0) is 17.1 Å². The second-order valence-electron chi connectivity index (χ2n) is 6.08. The zero-order valence-corrected chi connectivity index (χ0v) is 15.0. The van der Waals surface area contributed by atoms with Gasteiger partial charge >= 0.3 is 18.4 Å². The molecule has 0 atom stereocenters. The van der Waals surface area contributed by atoms with Gasteiger partial charge in [0.05, 0.1) is 11.1 Å². The minimum absolute atomic E-state index is 0.0389. The molecule has 0 fully saturated rings. The molecular formula is C18H15F6N3O2. The lowest BCUT2D eigenvalue weighted by atomic mass is 10.1. The molecule has 0 radical (unpaired) electrons. The van der Waals surface area contributed by atoms with E-state index in [9.17, 15) is 35.9 Å². The summed E-state index contributed by atoms with van der Waals surface area (Å²) in [6.07, 6.45) is -10.1. The fourth-order valence-electron chi connectivity index (χ4n) is 2.34. The summed E-state index contributed by atoms with van der Waals surface area (Å²) in [4.78, 5) is 23.2. The number of hydrogen-bond acceptors (Lipinski definition) is 2. The van der Waals surface area contributed by atoms with E-state index >= 15 is 0 Å². The molecule has 0 unspecified atom stereocenters. The van der Waals surface area contributed by atoms with Crippen molar-refractivity contribution >= 4 is 29.0 Å². The molecule has 2 rings (SSSR count). The lowest BCUT2D eigenvalue weighted by Gasteiger charge is -2.15. The van der Waals surface area contributed by atoms with Crippen molar-refractivity contribution in [2.75, 3.05) is 16.0 Å². The summed E-state index contributed by atoms with van der Waals surface area (Å²) in [7, 11) is 0. The topological polar surface area (TPSA) is 70.2 Å². The van der Waals surface area contributed by atoms with Crippen molar-refractivity contribution < 1.29 is 35.9 Å². The van der Waals surface area contributed by atoms with Gasteiger partial charge < -0.3 is 16.0 Å². The first-order valence-electron chi connectivity index (χ1n) is 8.01. The molecule has 3 N–H and O–H groups in total. The lowest BCUT2D eigenvalue weighted by Crippen LogP contribution is -2.21. The SMILES string of the molecule is CC(=O)Nc1cc(NC(=O)Nc2cc(C(F)(F)F)cc(C(F)(F)F)c2)ccc1C. The van der Waals surface area contributed by atoms with E-state index in [0.717, 1.165) is 0 Å². The minimum atomic E-state index is -5.03. The van der Waals surface area contributed by atoms with Gasteiger partial charge in [-0.3, -0.25) is 4.79 Å². The molecule has 0 spiro atoms. The summed E-state index contributed by atoms with van der Waals surface area (Å²) in [5.74, 6) is -0.363. The first kappa shape index (κ1) is 22.1. The average Bonchev–Trinajstić information content (AvgIpc) is 2.55. The number of rotatable bonds is 3. The Bertz CT molecular complexity index is 906. The van der Waals surface area contributed by atoms with Crippen LogP contribution in [0.2, 0.25) is 0 Å². The molecule has 0 heterocycles. The third-order valence-corrected chi connectivity index (χ3v) is 3.65. The van der Waals surface area contributed by atoms with Gasteiger partial charge in [-0.25, -0.2) is 4.79 Å². The minimum Gasteiger partial charge on any atom is -0.326 e. The number of benzene rings is 2. The zero-order chi connectivity index (χ0) is 22.0. The number of carbonyl (C=O) groups is 2. The van der Waals surface area contributed by atoms with Crippen LogP contribution in [0.15, 0.2) is 36.4 Å². The summed E-state index contributed by atoms with van der Waals surface area (Å²) < 4.78 is 77.3. The average molecular weight is 419 g/mol. The number of nitrogens with one attached hydrogen (secondary N) is 3. The molecule has 3 amide bonds. The van der Waals surface area contributed by atoms with E-state index in [1.165, 1.54) is 19.1 Å². The number of aryl methyl sites for hydroxylation is 1. The lowest BCUT2D eigenvalue weighted by molar-refractivity contribution is -0.143. The normalized spacial score (nSPS) is 11.7. The number of carbonyl (C=O) groups excluding carboxylic acids is 2. The van der Waals surface area contributed by atoms with Crippen molar-refractivity contribution in [1.82, 2.24) is 0 Å². The standard InChI is InChI=1S/C18H15F6N3O2/c1-9-3-4-13(8-15(9)25-10(2)28)26-16(29)27-14-6-11(17(19,20)21)5-12(7-14)18(22,23)24/h3-8H,1-2H3,(H,25,28)(H2,26,27,29). The van der Waals surface area contributed by atoms with Crippen molar-refractivity contribution in [3.05, 3.63) is 53.1 Å². The molecular weight excluding hydrogens is 404 g/mol. The van der Waals surface area contributed by atoms with E-state index < -0.39 is 35.2 Å². The number of anilines is 3. The molecule has 11 heteroatoms. The predicted octanol–water partition coefficient (Wildman–Crippen LogP) is 5.64. The Hall–Kier alpha value is -3.24. The van der Waals surface area contributed by atoms with Crippen LogP contribution in [0.1, 0.15) is 23.6 Å². The fourth-order valence-corrected chi connectivity index (χ4v) is 2.34. The van der Waals surface area contributed by atoms with E-state index in [1.54, 1.807) is 13.0 Å². The van der Waals surface area contributed by atoms with Crippen molar-refractivity contribution in [1.29, 1.82) is 0 Å². The maximum atomic E-state index is 12.9. The predicted molar refractivity (Wildman–Crippen MR) is 94.6 cm³/mol. The third kappa shape index (κ3) is 6.13. The molecule has 2 aromatic carbocycles. The number of amides is 3. The summed E-state index contributed by atoms with van der Waals surface area (Å²) in [6, 6.07) is 4.10. The van der Waals surface area contributed by atoms with Crippen molar-refractivity contribution in [2.24, 2.45) is 0 Å². The van der Waals surface area contributed by atoms with Crippen LogP contribution in [-0.4, -0.2) is 11.9 Å². The highest BCUT2D eigenvalue weighted by atomic mass is 19.4. The Morgan fingerprint density at radius 3 is 1.76 bits per heavy atom. The highest BCUT2D eigenvalue weighted by Crippen LogP contribution is 2.37. The van der Waals surface area contributed by atoms with Gasteiger partial charge in [-0.05, 0) is 42.8 Å². The summed E-state index contributed by atoms with van der Waals surface area (Å²) >= 11 is 0. The molecule has 0 saturated carbocycles. The molecule has 0 aliphatic rings. The molecule has 0 saturated heterocycles. The Kier molecular flexibility index (Phi) is 6.10. The maximum Gasteiger partial charge on any atom is 0.416 e. The van der Waals surface area contributed by atoms with E-state index in [2.05, 4.69) is 10.6 Å². The van der Waals surface area contributed by atoms with Crippen LogP contribution in [0.5, 0.6) is 0 Å². The number of alkyl halides is 6. The molecule has 0 bridgehead atoms. The molecule has 5 nitrogen and oxygen atoms in total. The molecule has 0 aliphatic carbocycles. The van der Waals surface area contributed by atoms with Crippen LogP contribution < -0.4 is 16.0 Å². The van der Waals surface area contributed by atoms with E-state index in [-0.39, 0.29) is 17.7 Å². The van der Waals surface area contributed by atoms with Gasteiger partial charge in [0.1, 0.15) is 0 Å². The second-order valence-corrected chi connectivity index (χ2v) is 6.08. The Morgan fingerprint density at radius 1 is 0.759 bits per heavy atom. The molecule has 0 aliphatic heterocycles. The number of hydrogen-bond donors (Lipinski definition) is 3. The summed E-state index contributed by atoms with van der Waals surface area (Å²) in [6.45, 7) is 2.97. The van der Waals surface area contributed by atoms with E-state index in [1.807, 2.05) is 5.32 Å². The second kappa shape index (κ2) is 8.02. The van der Waals surface area contributed by atoms with Crippen LogP contribution in [0, 0.1) is 6.92 Å². The van der Waals surface area contributed by atoms with Gasteiger partial charge in [0.15, 0.2) is 0 Å². The fraction of sp³-hybridized carbons (Fsp3) is 0.222. The molecule has 29 heavy (non-hydrogen) atoms. The highest BCUT2D eigenvalue weighted by Gasteiger charge is 2.37. The molecule has 0 aromatic heterocycles.